The number of nitrogens with one attached hydrogen (secondary N) is 1. The zero-order valence-corrected chi connectivity index (χ0v) is 21.8. The minimum atomic E-state index is -1.90. The fourth-order valence-corrected chi connectivity index (χ4v) is 9.33. The van der Waals surface area contributed by atoms with Gasteiger partial charge in [-0.3, -0.25) is 4.79 Å². The highest BCUT2D eigenvalue weighted by Crippen LogP contribution is 2.68. The molecule has 8 heteroatoms. The molecular weight excluding hydrogens is 454 g/mol. The molecule has 0 saturated heterocycles. The van der Waals surface area contributed by atoms with Crippen LogP contribution in [-0.2, 0) is 15.9 Å². The maximum Gasteiger partial charge on any atom is 0.220 e. The van der Waals surface area contributed by atoms with Crippen LogP contribution in [-0.4, -0.2) is 60.6 Å². The normalized spacial score (nSPS) is 47.7. The second kappa shape index (κ2) is 10.1. The average molecular weight is 500 g/mol. The molecule has 0 aliphatic heterocycles. The zero-order valence-electron chi connectivity index (χ0n) is 21.0. The van der Waals surface area contributed by atoms with Crippen LogP contribution in [0.5, 0.6) is 0 Å². The molecule has 196 valence electrons. The first kappa shape index (κ1) is 26.5. The smallest absolute Gasteiger partial charge is 0.220 e. The summed E-state index contributed by atoms with van der Waals surface area (Å²) in [4.78, 5) is 12.2. The molecule has 34 heavy (non-hydrogen) atoms. The van der Waals surface area contributed by atoms with Crippen LogP contribution in [0.15, 0.2) is 0 Å². The Bertz CT molecular complexity index is 780. The van der Waals surface area contributed by atoms with Gasteiger partial charge in [-0.2, -0.15) is 0 Å². The van der Waals surface area contributed by atoms with Crippen molar-refractivity contribution in [2.75, 3.05) is 12.3 Å². The molecule has 4 rings (SSSR count). The maximum atomic E-state index is 12.2. The van der Waals surface area contributed by atoms with E-state index in [1.807, 2.05) is 0 Å². The lowest BCUT2D eigenvalue weighted by atomic mass is 9.43. The summed E-state index contributed by atoms with van der Waals surface area (Å²) in [5.74, 6) is 1.61. The van der Waals surface area contributed by atoms with E-state index < -0.39 is 17.2 Å². The lowest BCUT2D eigenvalue weighted by molar-refractivity contribution is -0.207. The molecule has 0 radical (unpaired) electrons. The molecule has 5 N–H and O–H groups in total. The largest absolute Gasteiger partial charge is 0.393 e. The Kier molecular flexibility index (Phi) is 7.86. The summed E-state index contributed by atoms with van der Waals surface area (Å²) < 4.78 is 19.6. The van der Waals surface area contributed by atoms with E-state index in [1.165, 1.54) is 0 Å². The van der Waals surface area contributed by atoms with Crippen LogP contribution in [0.2, 0.25) is 0 Å². The second-order valence-electron chi connectivity index (χ2n) is 12.4. The van der Waals surface area contributed by atoms with Crippen LogP contribution in [0.4, 0.5) is 0 Å². The Morgan fingerprint density at radius 3 is 2.53 bits per heavy atom. The third-order valence-electron chi connectivity index (χ3n) is 10.9. The van der Waals surface area contributed by atoms with Gasteiger partial charge in [-0.1, -0.05) is 20.8 Å². The van der Waals surface area contributed by atoms with Gasteiger partial charge >= 0.3 is 0 Å². The number of hydrogen-bond donors (Lipinski definition) is 5. The summed E-state index contributed by atoms with van der Waals surface area (Å²) in [6.07, 6.45) is 6.12. The fourth-order valence-electron chi connectivity index (χ4n) is 9.06. The second-order valence-corrected chi connectivity index (χ2v) is 13.5. The summed E-state index contributed by atoms with van der Waals surface area (Å²) in [5, 5.41) is 36.0. The van der Waals surface area contributed by atoms with Crippen molar-refractivity contribution in [2.24, 2.45) is 46.3 Å². The van der Waals surface area contributed by atoms with Crippen molar-refractivity contribution in [3.8, 4) is 0 Å². The number of carbonyl (C=O) groups is 1. The average Bonchev–Trinajstić information content (AvgIpc) is 3.12. The van der Waals surface area contributed by atoms with Crippen LogP contribution in [0.25, 0.3) is 0 Å². The Balaban J connectivity index is 1.45. The number of fused-ring (bicyclic) bond motifs is 5. The van der Waals surface area contributed by atoms with Gasteiger partial charge in [-0.15, -0.1) is 0 Å². The van der Waals surface area contributed by atoms with Gasteiger partial charge in [-0.25, -0.2) is 4.21 Å². The minimum absolute atomic E-state index is 0.0412. The number of aliphatic hydroxyl groups excluding tert-OH is 3. The number of aliphatic hydroxyl groups is 3. The van der Waals surface area contributed by atoms with E-state index in [4.69, 9.17) is 4.55 Å². The van der Waals surface area contributed by atoms with Crippen molar-refractivity contribution in [1.29, 1.82) is 0 Å². The highest BCUT2D eigenvalue weighted by molar-refractivity contribution is 7.79. The topological polar surface area (TPSA) is 127 Å². The van der Waals surface area contributed by atoms with Crippen LogP contribution in [0.1, 0.15) is 78.6 Å². The van der Waals surface area contributed by atoms with E-state index in [0.717, 1.165) is 51.4 Å². The molecule has 4 fully saturated rings. The fraction of sp³-hybridized carbons (Fsp3) is 0.962. The molecule has 9 unspecified atom stereocenters. The molecule has 4 saturated carbocycles. The van der Waals surface area contributed by atoms with Gasteiger partial charge in [0.1, 0.15) is 0 Å². The number of carbonyl (C=O) groups excluding carboxylic acids is 1. The first-order valence-corrected chi connectivity index (χ1v) is 14.6. The molecule has 1 amide bonds. The SMILES string of the molecule is C[C@H](CCC(=O)NCCS(=O)O)C1CCC2C3C(O)CC4CC(O)CC[C@]4(C)C3CC(O)[C@@]21C. The van der Waals surface area contributed by atoms with Crippen molar-refractivity contribution in [2.45, 2.75) is 96.9 Å². The van der Waals surface area contributed by atoms with Crippen LogP contribution in [0.3, 0.4) is 0 Å². The van der Waals surface area contributed by atoms with E-state index in [-0.39, 0.29) is 59.0 Å². The van der Waals surface area contributed by atoms with E-state index >= 15 is 0 Å². The monoisotopic (exact) mass is 499 g/mol. The summed E-state index contributed by atoms with van der Waals surface area (Å²) in [7, 11) is 0. The number of rotatable bonds is 7. The van der Waals surface area contributed by atoms with E-state index in [1.54, 1.807) is 0 Å². The van der Waals surface area contributed by atoms with Gasteiger partial charge < -0.3 is 25.2 Å². The Morgan fingerprint density at radius 2 is 1.82 bits per heavy atom. The van der Waals surface area contributed by atoms with E-state index in [0.29, 0.717) is 24.2 Å². The van der Waals surface area contributed by atoms with Crippen molar-refractivity contribution < 1.29 is 28.9 Å². The van der Waals surface area contributed by atoms with E-state index in [2.05, 4.69) is 26.1 Å². The zero-order chi connectivity index (χ0) is 24.8. The molecule has 7 nitrogen and oxygen atoms in total. The van der Waals surface area contributed by atoms with Crippen LogP contribution < -0.4 is 5.32 Å². The summed E-state index contributed by atoms with van der Waals surface area (Å²) >= 11 is -1.90. The molecule has 4 aliphatic rings. The molecule has 0 aromatic rings. The van der Waals surface area contributed by atoms with Gasteiger partial charge in [0, 0.05) is 13.0 Å². The van der Waals surface area contributed by atoms with Gasteiger partial charge in [-0.05, 0) is 97.7 Å². The molecule has 0 bridgehead atoms. The third-order valence-corrected chi connectivity index (χ3v) is 11.5. The molecule has 4 aliphatic carbocycles. The van der Waals surface area contributed by atoms with Gasteiger partial charge in [0.15, 0.2) is 11.1 Å². The first-order valence-electron chi connectivity index (χ1n) is 13.4. The summed E-state index contributed by atoms with van der Waals surface area (Å²) in [5.41, 5.74) is -0.186. The Labute approximate surface area is 206 Å². The maximum absolute atomic E-state index is 12.2. The highest BCUT2D eigenvalue weighted by atomic mass is 32.2. The van der Waals surface area contributed by atoms with Crippen LogP contribution >= 0.6 is 0 Å². The van der Waals surface area contributed by atoms with E-state index in [9.17, 15) is 24.3 Å². The molecule has 12 atom stereocenters. The molecular formula is C26H45NO6S. The quantitative estimate of drug-likeness (QED) is 0.343. The van der Waals surface area contributed by atoms with Gasteiger partial charge in [0.2, 0.25) is 5.91 Å². The van der Waals surface area contributed by atoms with Crippen LogP contribution in [0, 0.1) is 46.3 Å². The predicted molar refractivity (Wildman–Crippen MR) is 131 cm³/mol. The van der Waals surface area contributed by atoms with Crippen molar-refractivity contribution >= 4 is 17.0 Å². The molecule has 0 aromatic heterocycles. The number of amides is 1. The van der Waals surface area contributed by atoms with Crippen molar-refractivity contribution in [3.63, 3.8) is 0 Å². The molecule has 0 spiro atoms. The van der Waals surface area contributed by atoms with Crippen molar-refractivity contribution in [1.82, 2.24) is 5.32 Å². The Hall–Kier alpha value is -0.540. The highest BCUT2D eigenvalue weighted by Gasteiger charge is 2.65. The lowest BCUT2D eigenvalue weighted by Gasteiger charge is -2.63. The van der Waals surface area contributed by atoms with Crippen molar-refractivity contribution in [3.05, 3.63) is 0 Å². The molecule has 0 aromatic carbocycles. The third kappa shape index (κ3) is 4.62. The first-order chi connectivity index (χ1) is 16.0. The predicted octanol–water partition coefficient (Wildman–Crippen LogP) is 2.70. The molecule has 0 heterocycles. The summed E-state index contributed by atoms with van der Waals surface area (Å²) in [6.45, 7) is 6.97. The standard InChI is InChI=1S/C26H45NO6S/c1-15(4-7-23(31)27-10-11-34(32)33)18-5-6-19-24-20(14-22(30)26(18,19)3)25(2)9-8-17(28)12-16(25)13-21(24)29/h15-22,24,28-30H,4-14H2,1-3H3,(H,27,31)(H,32,33)/t15-,16?,17?,18?,19?,20?,21?,22?,24?,25+,26-/m1/s1. The number of hydrogen-bond acceptors (Lipinski definition) is 5. The summed E-state index contributed by atoms with van der Waals surface area (Å²) in [6, 6.07) is 0. The minimum Gasteiger partial charge on any atom is -0.393 e. The Morgan fingerprint density at radius 1 is 1.09 bits per heavy atom. The van der Waals surface area contributed by atoms with Gasteiger partial charge in [0.25, 0.3) is 0 Å². The van der Waals surface area contributed by atoms with Gasteiger partial charge in [0.05, 0.1) is 24.1 Å². The lowest BCUT2D eigenvalue weighted by Crippen LogP contribution is -2.62.